The van der Waals surface area contributed by atoms with Crippen molar-refractivity contribution in [3.05, 3.63) is 65.5 Å². The Morgan fingerprint density at radius 3 is 2.68 bits per heavy atom. The van der Waals surface area contributed by atoms with Crippen molar-refractivity contribution in [2.75, 3.05) is 19.6 Å². The highest BCUT2D eigenvalue weighted by molar-refractivity contribution is 5.73. The number of hydrogen-bond donors (Lipinski definition) is 0. The van der Waals surface area contributed by atoms with Gasteiger partial charge in [0.15, 0.2) is 0 Å². The minimum Gasteiger partial charge on any atom is -0.338 e. The van der Waals surface area contributed by atoms with Crippen molar-refractivity contribution < 1.29 is 4.79 Å². The Kier molecular flexibility index (Phi) is 4.30. The fourth-order valence-electron chi connectivity index (χ4n) is 4.39. The Morgan fingerprint density at radius 1 is 1.12 bits per heavy atom. The number of amides is 1. The van der Waals surface area contributed by atoms with Gasteiger partial charge in [-0.2, -0.15) is 0 Å². The zero-order valence-corrected chi connectivity index (χ0v) is 14.8. The predicted molar refractivity (Wildman–Crippen MR) is 97.8 cm³/mol. The summed E-state index contributed by atoms with van der Waals surface area (Å²) in [7, 11) is 0. The summed E-state index contributed by atoms with van der Waals surface area (Å²) in [4.78, 5) is 21.2. The molecule has 4 rings (SSSR count). The van der Waals surface area contributed by atoms with Gasteiger partial charge in [0.25, 0.3) is 0 Å². The Hall–Kier alpha value is -2.20. The van der Waals surface area contributed by atoms with Gasteiger partial charge in [-0.05, 0) is 42.6 Å². The molecule has 1 fully saturated rings. The van der Waals surface area contributed by atoms with E-state index in [4.69, 9.17) is 0 Å². The molecule has 1 atom stereocenters. The Labute approximate surface area is 149 Å². The largest absolute Gasteiger partial charge is 0.338 e. The average molecular weight is 335 g/mol. The van der Waals surface area contributed by atoms with E-state index < -0.39 is 0 Å². The van der Waals surface area contributed by atoms with Crippen molar-refractivity contribution in [3.63, 3.8) is 0 Å². The SMILES string of the molecule is CC(=O)N1Cc2ccccc2CC2(CCN(Cc3ccccn3)C2)C1. The Morgan fingerprint density at radius 2 is 1.92 bits per heavy atom. The molecule has 2 aliphatic rings. The molecule has 2 aromatic rings. The highest BCUT2D eigenvalue weighted by atomic mass is 16.2. The number of nitrogens with zero attached hydrogens (tertiary/aromatic N) is 3. The predicted octanol–water partition coefficient (Wildman–Crippen LogP) is 2.88. The van der Waals surface area contributed by atoms with Crippen LogP contribution in [0.2, 0.25) is 0 Å². The van der Waals surface area contributed by atoms with E-state index in [2.05, 4.69) is 40.2 Å². The number of carbonyl (C=O) groups excluding carboxylic acids is 1. The number of rotatable bonds is 2. The second-order valence-electron chi connectivity index (χ2n) is 7.60. The van der Waals surface area contributed by atoms with E-state index in [1.165, 1.54) is 11.1 Å². The second-order valence-corrected chi connectivity index (χ2v) is 7.60. The van der Waals surface area contributed by atoms with E-state index >= 15 is 0 Å². The lowest BCUT2D eigenvalue weighted by atomic mass is 9.80. The number of carbonyl (C=O) groups is 1. The molecule has 4 heteroatoms. The van der Waals surface area contributed by atoms with E-state index in [0.717, 1.165) is 51.3 Å². The van der Waals surface area contributed by atoms with Gasteiger partial charge in [0.2, 0.25) is 5.91 Å². The normalized spacial score (nSPS) is 23.5. The highest BCUT2D eigenvalue weighted by Crippen LogP contribution is 2.39. The summed E-state index contributed by atoms with van der Waals surface area (Å²) in [6.07, 6.45) is 4.06. The van der Waals surface area contributed by atoms with E-state index in [0.29, 0.717) is 0 Å². The molecule has 1 aromatic carbocycles. The van der Waals surface area contributed by atoms with Crippen LogP contribution < -0.4 is 0 Å². The van der Waals surface area contributed by atoms with Gasteiger partial charge in [0.1, 0.15) is 0 Å². The molecule has 4 nitrogen and oxygen atoms in total. The molecule has 1 spiro atoms. The van der Waals surface area contributed by atoms with Crippen LogP contribution in [0.5, 0.6) is 0 Å². The van der Waals surface area contributed by atoms with Crippen molar-refractivity contribution in [1.82, 2.24) is 14.8 Å². The van der Waals surface area contributed by atoms with Crippen molar-refractivity contribution >= 4 is 5.91 Å². The van der Waals surface area contributed by atoms with Crippen LogP contribution in [0.15, 0.2) is 48.7 Å². The number of fused-ring (bicyclic) bond motifs is 1. The third-order valence-electron chi connectivity index (χ3n) is 5.65. The molecule has 0 aliphatic carbocycles. The third kappa shape index (κ3) is 3.45. The lowest BCUT2D eigenvalue weighted by molar-refractivity contribution is -0.130. The average Bonchev–Trinajstić information content (AvgIpc) is 2.90. The van der Waals surface area contributed by atoms with Crippen molar-refractivity contribution in [1.29, 1.82) is 0 Å². The molecule has 130 valence electrons. The molecule has 1 amide bonds. The maximum atomic E-state index is 12.2. The van der Waals surface area contributed by atoms with E-state index in [1.54, 1.807) is 6.92 Å². The second kappa shape index (κ2) is 6.60. The van der Waals surface area contributed by atoms with Crippen LogP contribution in [0.25, 0.3) is 0 Å². The van der Waals surface area contributed by atoms with Crippen molar-refractivity contribution in [2.45, 2.75) is 32.9 Å². The Balaban J connectivity index is 1.57. The first kappa shape index (κ1) is 16.3. The molecule has 3 heterocycles. The molecular formula is C21H25N3O. The van der Waals surface area contributed by atoms with Crippen molar-refractivity contribution in [3.8, 4) is 0 Å². The fourth-order valence-corrected chi connectivity index (χ4v) is 4.39. The van der Waals surface area contributed by atoms with Crippen LogP contribution in [0.1, 0.15) is 30.2 Å². The molecule has 1 saturated heterocycles. The van der Waals surface area contributed by atoms with Gasteiger partial charge in [-0.25, -0.2) is 0 Å². The first-order valence-electron chi connectivity index (χ1n) is 9.08. The summed E-state index contributed by atoms with van der Waals surface area (Å²) >= 11 is 0. The highest BCUT2D eigenvalue weighted by Gasteiger charge is 2.42. The minimum absolute atomic E-state index is 0.160. The monoisotopic (exact) mass is 335 g/mol. The number of likely N-dealkylation sites (tertiary alicyclic amines) is 1. The third-order valence-corrected chi connectivity index (χ3v) is 5.65. The standard InChI is InChI=1S/C21H25N3O/c1-17(25)24-13-19-7-3-2-6-18(19)12-21(16-24)9-11-23(15-21)14-20-8-4-5-10-22-20/h2-8,10H,9,11-16H2,1H3. The van der Waals surface area contributed by atoms with Crippen LogP contribution >= 0.6 is 0 Å². The smallest absolute Gasteiger partial charge is 0.219 e. The van der Waals surface area contributed by atoms with Crippen LogP contribution in [-0.2, 0) is 24.3 Å². The quantitative estimate of drug-likeness (QED) is 0.847. The number of pyridine rings is 1. The first-order valence-corrected chi connectivity index (χ1v) is 9.08. The molecule has 1 aromatic heterocycles. The zero-order valence-electron chi connectivity index (χ0n) is 14.8. The molecular weight excluding hydrogens is 310 g/mol. The Bertz CT molecular complexity index is 761. The minimum atomic E-state index is 0.160. The van der Waals surface area contributed by atoms with Gasteiger partial charge >= 0.3 is 0 Å². The van der Waals surface area contributed by atoms with E-state index in [-0.39, 0.29) is 11.3 Å². The summed E-state index contributed by atoms with van der Waals surface area (Å²) in [5.74, 6) is 0.180. The van der Waals surface area contributed by atoms with Crippen LogP contribution in [-0.4, -0.2) is 40.3 Å². The summed E-state index contributed by atoms with van der Waals surface area (Å²) < 4.78 is 0. The number of hydrogen-bond acceptors (Lipinski definition) is 3. The van der Waals surface area contributed by atoms with Gasteiger partial charge in [0.05, 0.1) is 5.69 Å². The van der Waals surface area contributed by atoms with E-state index in [1.807, 2.05) is 23.2 Å². The van der Waals surface area contributed by atoms with E-state index in [9.17, 15) is 4.79 Å². The van der Waals surface area contributed by atoms with Crippen LogP contribution in [0.4, 0.5) is 0 Å². The maximum Gasteiger partial charge on any atom is 0.219 e. The van der Waals surface area contributed by atoms with Gasteiger partial charge in [-0.15, -0.1) is 0 Å². The fraction of sp³-hybridized carbons (Fsp3) is 0.429. The summed E-state index contributed by atoms with van der Waals surface area (Å²) in [5.41, 5.74) is 3.99. The lowest BCUT2D eigenvalue weighted by Crippen LogP contribution is -2.41. The molecule has 0 saturated carbocycles. The molecule has 2 aliphatic heterocycles. The number of benzene rings is 1. The van der Waals surface area contributed by atoms with Crippen LogP contribution in [0.3, 0.4) is 0 Å². The molecule has 25 heavy (non-hydrogen) atoms. The summed E-state index contributed by atoms with van der Waals surface area (Å²) in [6.45, 7) is 6.29. The maximum absolute atomic E-state index is 12.2. The van der Waals surface area contributed by atoms with Gasteiger partial charge in [-0.3, -0.25) is 14.7 Å². The summed E-state index contributed by atoms with van der Waals surface area (Å²) in [5, 5.41) is 0. The molecule has 0 radical (unpaired) electrons. The lowest BCUT2D eigenvalue weighted by Gasteiger charge is -2.32. The van der Waals surface area contributed by atoms with Gasteiger partial charge in [-0.1, -0.05) is 30.3 Å². The molecule has 0 N–H and O–H groups in total. The topological polar surface area (TPSA) is 36.4 Å². The first-order chi connectivity index (χ1) is 12.1. The van der Waals surface area contributed by atoms with Crippen molar-refractivity contribution in [2.24, 2.45) is 5.41 Å². The van der Waals surface area contributed by atoms with Gasteiger partial charge < -0.3 is 4.90 Å². The zero-order chi connectivity index (χ0) is 17.3. The molecule has 0 bridgehead atoms. The van der Waals surface area contributed by atoms with Gasteiger partial charge in [0, 0.05) is 44.7 Å². The molecule has 1 unspecified atom stereocenters. The summed E-state index contributed by atoms with van der Waals surface area (Å²) in [6, 6.07) is 14.7. The van der Waals surface area contributed by atoms with Crippen LogP contribution in [0, 0.1) is 5.41 Å². The number of aromatic nitrogens is 1.